The predicted molar refractivity (Wildman–Crippen MR) is 122 cm³/mol. The molecule has 2 aromatic rings. The van der Waals surface area contributed by atoms with Gasteiger partial charge in [0.25, 0.3) is 0 Å². The van der Waals surface area contributed by atoms with Gasteiger partial charge in [0.15, 0.2) is 0 Å². The Morgan fingerprint density at radius 3 is 2.52 bits per heavy atom. The van der Waals surface area contributed by atoms with Gasteiger partial charge in [0, 0.05) is 31.1 Å². The lowest BCUT2D eigenvalue weighted by Gasteiger charge is -2.28. The van der Waals surface area contributed by atoms with Gasteiger partial charge in [-0.1, -0.05) is 49.4 Å². The molecule has 0 spiro atoms. The van der Waals surface area contributed by atoms with Crippen LogP contribution in [-0.4, -0.2) is 43.5 Å². The van der Waals surface area contributed by atoms with E-state index in [-0.39, 0.29) is 17.7 Å². The van der Waals surface area contributed by atoms with Crippen molar-refractivity contribution in [1.82, 2.24) is 10.2 Å². The van der Waals surface area contributed by atoms with Crippen molar-refractivity contribution in [1.29, 1.82) is 0 Å². The Morgan fingerprint density at radius 2 is 1.87 bits per heavy atom. The zero-order valence-electron chi connectivity index (χ0n) is 18.7. The van der Waals surface area contributed by atoms with E-state index in [1.54, 1.807) is 7.11 Å². The summed E-state index contributed by atoms with van der Waals surface area (Å²) < 4.78 is 5.49. The van der Waals surface area contributed by atoms with E-state index in [9.17, 15) is 9.59 Å². The molecule has 0 aromatic heterocycles. The summed E-state index contributed by atoms with van der Waals surface area (Å²) in [4.78, 5) is 27.8. The highest BCUT2D eigenvalue weighted by Crippen LogP contribution is 2.42. The number of carbonyl (C=O) groups excluding carboxylic acids is 2. The molecule has 0 radical (unpaired) electrons. The zero-order chi connectivity index (χ0) is 22.0. The number of benzene rings is 2. The maximum absolute atomic E-state index is 13.1. The predicted octanol–water partition coefficient (Wildman–Crippen LogP) is 3.92. The molecule has 1 saturated heterocycles. The lowest BCUT2D eigenvalue weighted by molar-refractivity contribution is -0.134. The third-order valence-electron chi connectivity index (χ3n) is 6.83. The molecule has 5 heteroatoms. The van der Waals surface area contributed by atoms with Crippen molar-refractivity contribution in [3.05, 3.63) is 54.1 Å². The van der Waals surface area contributed by atoms with Crippen LogP contribution in [0.3, 0.4) is 0 Å². The van der Waals surface area contributed by atoms with Crippen LogP contribution in [0.5, 0.6) is 5.75 Å². The molecule has 1 saturated carbocycles. The first-order chi connectivity index (χ1) is 15.0. The number of para-hydroxylation sites is 1. The lowest BCUT2D eigenvalue weighted by atomic mass is 9.79. The fourth-order valence-electron chi connectivity index (χ4n) is 4.80. The topological polar surface area (TPSA) is 58.6 Å². The number of ether oxygens (including phenoxy) is 1. The maximum atomic E-state index is 13.1. The second-order valence-electron chi connectivity index (χ2n) is 9.04. The highest BCUT2D eigenvalue weighted by atomic mass is 16.5. The smallest absolute Gasteiger partial charge is 0.228 e. The average molecular weight is 421 g/mol. The second kappa shape index (κ2) is 8.74. The summed E-state index contributed by atoms with van der Waals surface area (Å²) in [7, 11) is 1.68. The molecule has 1 aliphatic carbocycles. The number of nitrogens with zero attached hydrogens (tertiary/aromatic N) is 1. The van der Waals surface area contributed by atoms with Crippen molar-refractivity contribution in [2.75, 3.05) is 26.7 Å². The quantitative estimate of drug-likeness (QED) is 0.739. The zero-order valence-corrected chi connectivity index (χ0v) is 18.7. The molecule has 2 aliphatic rings. The standard InChI is InChI=1S/C26H32N2O3/c1-4-27-25(30)26(13-14-28(17-26)24(29)22-15-18(22)2)16-19-9-11-20(12-10-19)21-7-5-6-8-23(21)31-3/h5-12,18,22H,4,13-17H2,1-3H3,(H,27,30)/t18-,22-,26-/m0/s1. The number of hydrogen-bond acceptors (Lipinski definition) is 3. The van der Waals surface area contributed by atoms with Gasteiger partial charge in [-0.2, -0.15) is 0 Å². The summed E-state index contributed by atoms with van der Waals surface area (Å²) in [5.74, 6) is 1.76. The SMILES string of the molecule is CCNC(=O)[C@]1(Cc2ccc(-c3ccccc3OC)cc2)CCN(C(=O)[C@H]2C[C@@H]2C)C1. The number of amides is 2. The van der Waals surface area contributed by atoms with Gasteiger partial charge in [-0.05, 0) is 49.3 Å². The summed E-state index contributed by atoms with van der Waals surface area (Å²) in [5.41, 5.74) is 2.68. The van der Waals surface area contributed by atoms with Gasteiger partial charge in [0.05, 0.1) is 12.5 Å². The van der Waals surface area contributed by atoms with Gasteiger partial charge < -0.3 is 15.0 Å². The first kappa shape index (κ1) is 21.4. The van der Waals surface area contributed by atoms with Crippen LogP contribution in [0.2, 0.25) is 0 Å². The number of likely N-dealkylation sites (tertiary alicyclic amines) is 1. The van der Waals surface area contributed by atoms with Gasteiger partial charge in [-0.15, -0.1) is 0 Å². The van der Waals surface area contributed by atoms with Gasteiger partial charge >= 0.3 is 0 Å². The molecule has 1 aliphatic heterocycles. The lowest BCUT2D eigenvalue weighted by Crippen LogP contribution is -2.45. The fourth-order valence-corrected chi connectivity index (χ4v) is 4.80. The number of hydrogen-bond donors (Lipinski definition) is 1. The van der Waals surface area contributed by atoms with E-state index in [0.717, 1.165) is 28.9 Å². The molecule has 31 heavy (non-hydrogen) atoms. The molecule has 0 bridgehead atoms. The van der Waals surface area contributed by atoms with Crippen LogP contribution in [-0.2, 0) is 16.0 Å². The Bertz CT molecular complexity index is 955. The molecular weight excluding hydrogens is 388 g/mol. The van der Waals surface area contributed by atoms with E-state index in [1.165, 1.54) is 0 Å². The van der Waals surface area contributed by atoms with Crippen LogP contribution in [0.25, 0.3) is 11.1 Å². The van der Waals surface area contributed by atoms with Crippen molar-refractivity contribution in [3.63, 3.8) is 0 Å². The number of nitrogens with one attached hydrogen (secondary N) is 1. The first-order valence-electron chi connectivity index (χ1n) is 11.3. The van der Waals surface area contributed by atoms with E-state index in [4.69, 9.17) is 4.74 Å². The summed E-state index contributed by atoms with van der Waals surface area (Å²) >= 11 is 0. The van der Waals surface area contributed by atoms with Crippen molar-refractivity contribution in [3.8, 4) is 16.9 Å². The van der Waals surface area contributed by atoms with Crippen molar-refractivity contribution < 1.29 is 14.3 Å². The molecular formula is C26H32N2O3. The van der Waals surface area contributed by atoms with Gasteiger partial charge in [-0.3, -0.25) is 9.59 Å². The minimum Gasteiger partial charge on any atom is -0.496 e. The number of rotatable bonds is 7. The third-order valence-corrected chi connectivity index (χ3v) is 6.83. The Balaban J connectivity index is 1.54. The van der Waals surface area contributed by atoms with Gasteiger partial charge in [0.2, 0.25) is 11.8 Å². The molecule has 2 fully saturated rings. The minimum absolute atomic E-state index is 0.0583. The molecule has 3 atom stereocenters. The number of carbonyl (C=O) groups is 2. The molecule has 0 unspecified atom stereocenters. The Morgan fingerprint density at radius 1 is 1.16 bits per heavy atom. The molecule has 1 N–H and O–H groups in total. The highest BCUT2D eigenvalue weighted by molar-refractivity contribution is 5.87. The molecule has 5 nitrogen and oxygen atoms in total. The van der Waals surface area contributed by atoms with Crippen LogP contribution >= 0.6 is 0 Å². The summed E-state index contributed by atoms with van der Waals surface area (Å²) in [6, 6.07) is 16.3. The monoisotopic (exact) mass is 420 g/mol. The molecule has 164 valence electrons. The largest absolute Gasteiger partial charge is 0.496 e. The Kier molecular flexibility index (Phi) is 6.03. The molecule has 4 rings (SSSR count). The van der Waals surface area contributed by atoms with E-state index in [1.807, 2.05) is 36.1 Å². The second-order valence-corrected chi connectivity index (χ2v) is 9.04. The van der Waals surface area contributed by atoms with Crippen molar-refractivity contribution >= 4 is 11.8 Å². The normalized spacial score (nSPS) is 24.7. The van der Waals surface area contributed by atoms with E-state index in [0.29, 0.717) is 38.4 Å². The third kappa shape index (κ3) is 4.32. The average Bonchev–Trinajstić information content (AvgIpc) is 3.36. The van der Waals surface area contributed by atoms with Crippen LogP contribution in [0.1, 0.15) is 32.3 Å². The van der Waals surface area contributed by atoms with Crippen molar-refractivity contribution in [2.24, 2.45) is 17.3 Å². The Hall–Kier alpha value is -2.82. The van der Waals surface area contributed by atoms with E-state index >= 15 is 0 Å². The van der Waals surface area contributed by atoms with Crippen LogP contribution in [0, 0.1) is 17.3 Å². The molecule has 1 heterocycles. The first-order valence-corrected chi connectivity index (χ1v) is 11.3. The van der Waals surface area contributed by atoms with E-state index in [2.05, 4.69) is 36.5 Å². The summed E-state index contributed by atoms with van der Waals surface area (Å²) in [6.07, 6.45) is 2.32. The Labute approximate surface area is 184 Å². The van der Waals surface area contributed by atoms with Gasteiger partial charge in [-0.25, -0.2) is 0 Å². The summed E-state index contributed by atoms with van der Waals surface area (Å²) in [6.45, 7) is 5.84. The molecule has 2 aromatic carbocycles. The summed E-state index contributed by atoms with van der Waals surface area (Å²) in [5, 5.41) is 3.02. The maximum Gasteiger partial charge on any atom is 0.228 e. The van der Waals surface area contributed by atoms with Crippen molar-refractivity contribution in [2.45, 2.75) is 33.1 Å². The number of methoxy groups -OCH3 is 1. The fraction of sp³-hybridized carbons (Fsp3) is 0.462. The van der Waals surface area contributed by atoms with Crippen LogP contribution in [0.15, 0.2) is 48.5 Å². The molecule has 2 amide bonds. The van der Waals surface area contributed by atoms with Gasteiger partial charge in [0.1, 0.15) is 5.75 Å². The minimum atomic E-state index is -0.560. The van der Waals surface area contributed by atoms with E-state index < -0.39 is 5.41 Å². The van der Waals surface area contributed by atoms with Crippen LogP contribution < -0.4 is 10.1 Å². The highest BCUT2D eigenvalue weighted by Gasteiger charge is 2.49. The van der Waals surface area contributed by atoms with Crippen LogP contribution in [0.4, 0.5) is 0 Å².